The van der Waals surface area contributed by atoms with Crippen LogP contribution in [0.3, 0.4) is 0 Å². The molecule has 1 aliphatic heterocycles. The predicted molar refractivity (Wildman–Crippen MR) is 164 cm³/mol. The van der Waals surface area contributed by atoms with Crippen molar-refractivity contribution >= 4 is 0 Å². The SMILES string of the molecule is C[C@@H]1CC([C@@H](O)C(C)(C)O)CC2=C1[C@@]1(C)CC[C@@]34C[C@@]35CC[C@H](OC3OC[C@H](O)[C@H](O)[C@H]3O)C(C)(C)C5CCC4[C@]1(C)[C@H]2O. The second-order valence-electron chi connectivity index (χ2n) is 18.1. The van der Waals surface area contributed by atoms with Crippen LogP contribution in [-0.4, -0.2) is 85.8 Å². The fraction of sp³-hybridized carbons (Fsp3) is 0.944. The molecule has 6 aliphatic carbocycles. The van der Waals surface area contributed by atoms with Crippen molar-refractivity contribution < 1.29 is 40.1 Å². The van der Waals surface area contributed by atoms with E-state index in [2.05, 4.69) is 34.6 Å². The highest BCUT2D eigenvalue weighted by Gasteiger charge is 2.83. The van der Waals surface area contributed by atoms with Crippen LogP contribution >= 0.6 is 0 Å². The van der Waals surface area contributed by atoms with Gasteiger partial charge in [0.15, 0.2) is 6.29 Å². The van der Waals surface area contributed by atoms with Crippen molar-refractivity contribution in [2.24, 2.45) is 50.7 Å². The number of hydrogen-bond donors (Lipinski definition) is 6. The van der Waals surface area contributed by atoms with Crippen molar-refractivity contribution in [3.63, 3.8) is 0 Å². The first kappa shape index (κ1) is 32.0. The third-order valence-corrected chi connectivity index (χ3v) is 15.5. The number of hydrogen-bond acceptors (Lipinski definition) is 8. The molecule has 15 atom stereocenters. The first-order valence-corrected chi connectivity index (χ1v) is 17.5. The average Bonchev–Trinajstić information content (AvgIpc) is 3.58. The quantitative estimate of drug-likeness (QED) is 0.207. The molecule has 0 aromatic rings. The number of fused-ring (bicyclic) bond motifs is 3. The van der Waals surface area contributed by atoms with Gasteiger partial charge < -0.3 is 40.1 Å². The summed E-state index contributed by atoms with van der Waals surface area (Å²) in [4.78, 5) is 0. The Hall–Kier alpha value is -0.580. The molecule has 8 heteroatoms. The van der Waals surface area contributed by atoms with Gasteiger partial charge in [0.1, 0.15) is 18.3 Å². The second-order valence-corrected chi connectivity index (χ2v) is 18.1. The normalized spacial score (nSPS) is 55.3. The van der Waals surface area contributed by atoms with E-state index in [1.807, 2.05) is 0 Å². The van der Waals surface area contributed by atoms with E-state index < -0.39 is 42.4 Å². The van der Waals surface area contributed by atoms with Crippen LogP contribution in [0.25, 0.3) is 0 Å². The van der Waals surface area contributed by atoms with Crippen molar-refractivity contribution in [3.05, 3.63) is 11.1 Å². The van der Waals surface area contributed by atoms with E-state index in [1.54, 1.807) is 13.8 Å². The molecule has 0 aromatic heterocycles. The minimum atomic E-state index is -1.28. The van der Waals surface area contributed by atoms with Crippen molar-refractivity contribution in [3.8, 4) is 0 Å². The molecule has 7 rings (SSSR count). The predicted octanol–water partition coefficient (Wildman–Crippen LogP) is 3.69. The third kappa shape index (κ3) is 3.86. The van der Waals surface area contributed by atoms with Gasteiger partial charge in [0.2, 0.25) is 0 Å². The lowest BCUT2D eigenvalue weighted by Gasteiger charge is -2.64. The molecule has 0 aromatic carbocycles. The highest BCUT2D eigenvalue weighted by molar-refractivity contribution is 5.45. The van der Waals surface area contributed by atoms with Crippen molar-refractivity contribution in [2.45, 2.75) is 155 Å². The lowest BCUT2D eigenvalue weighted by atomic mass is 9.41. The fourth-order valence-electron chi connectivity index (χ4n) is 13.4. The molecule has 4 saturated carbocycles. The van der Waals surface area contributed by atoms with E-state index in [-0.39, 0.29) is 51.6 Å². The van der Waals surface area contributed by atoms with Crippen LogP contribution in [-0.2, 0) is 9.47 Å². The molecule has 1 saturated heterocycles. The molecular formula is C36H58O8. The van der Waals surface area contributed by atoms with Crippen LogP contribution in [0.2, 0.25) is 0 Å². The molecule has 8 nitrogen and oxygen atoms in total. The summed E-state index contributed by atoms with van der Waals surface area (Å²) < 4.78 is 12.1. The third-order valence-electron chi connectivity index (χ3n) is 15.5. The zero-order valence-electron chi connectivity index (χ0n) is 27.9. The first-order chi connectivity index (χ1) is 20.4. The lowest BCUT2D eigenvalue weighted by Crippen LogP contribution is -2.61. The maximum Gasteiger partial charge on any atom is 0.186 e. The Balaban J connectivity index is 1.15. The van der Waals surface area contributed by atoms with Gasteiger partial charge in [0, 0.05) is 5.41 Å². The maximum atomic E-state index is 12.4. The van der Waals surface area contributed by atoms with Crippen molar-refractivity contribution in [1.82, 2.24) is 0 Å². The highest BCUT2D eigenvalue weighted by atomic mass is 16.7. The summed E-state index contributed by atoms with van der Waals surface area (Å²) in [5.41, 5.74) is 1.38. The largest absolute Gasteiger partial charge is 0.390 e. The molecule has 0 radical (unpaired) electrons. The molecule has 5 fully saturated rings. The molecule has 7 aliphatic rings. The van der Waals surface area contributed by atoms with E-state index >= 15 is 0 Å². The number of rotatable bonds is 4. The van der Waals surface area contributed by atoms with E-state index in [1.165, 1.54) is 18.4 Å². The maximum absolute atomic E-state index is 12.4. The van der Waals surface area contributed by atoms with Crippen molar-refractivity contribution in [1.29, 1.82) is 0 Å². The zero-order valence-corrected chi connectivity index (χ0v) is 27.9. The molecule has 250 valence electrons. The monoisotopic (exact) mass is 618 g/mol. The summed E-state index contributed by atoms with van der Waals surface area (Å²) >= 11 is 0. The fourth-order valence-corrected chi connectivity index (χ4v) is 13.4. The Morgan fingerprint density at radius 3 is 2.25 bits per heavy atom. The molecule has 1 heterocycles. The van der Waals surface area contributed by atoms with E-state index in [9.17, 15) is 30.6 Å². The van der Waals surface area contributed by atoms with Crippen LogP contribution in [0.5, 0.6) is 0 Å². The van der Waals surface area contributed by atoms with Gasteiger partial charge in [-0.15, -0.1) is 0 Å². The Morgan fingerprint density at radius 2 is 1.57 bits per heavy atom. The Labute approximate surface area is 263 Å². The van der Waals surface area contributed by atoms with Gasteiger partial charge in [-0.1, -0.05) is 40.2 Å². The Morgan fingerprint density at radius 1 is 0.909 bits per heavy atom. The standard InChI is InChI=1S/C36H58O8/c1-18-14-19(28(40)32(4,5)42)15-20-25(18)33(6)12-13-36-17-35(36)11-10-24(44-30-27(39)26(38)21(37)16-43-30)31(2,3)22(35)8-9-23(36)34(33,7)29(20)41/h18-19,21-24,26-30,37-42H,8-17H2,1-7H3/t18-,19?,21+,22?,23?,24+,26+,27-,28-,29+,30?,33-,34-,35-,36+/m1/s1. The minimum absolute atomic E-state index is 0.0536. The lowest BCUT2D eigenvalue weighted by molar-refractivity contribution is -0.302. The number of allylic oxidation sites excluding steroid dienone is 1. The number of aliphatic hydroxyl groups is 6. The summed E-state index contributed by atoms with van der Waals surface area (Å²) in [6.07, 6.45) is 2.96. The summed E-state index contributed by atoms with van der Waals surface area (Å²) in [6.45, 7) is 15.0. The average molecular weight is 619 g/mol. The summed E-state index contributed by atoms with van der Waals surface area (Å²) in [5.74, 6) is 1.09. The smallest absolute Gasteiger partial charge is 0.186 e. The van der Waals surface area contributed by atoms with E-state index in [4.69, 9.17) is 9.47 Å². The summed E-state index contributed by atoms with van der Waals surface area (Å²) in [5, 5.41) is 64.9. The molecule has 6 N–H and O–H groups in total. The van der Waals surface area contributed by atoms with Gasteiger partial charge in [0.25, 0.3) is 0 Å². The second kappa shape index (κ2) is 9.74. The summed E-state index contributed by atoms with van der Waals surface area (Å²) in [6, 6.07) is 0. The van der Waals surface area contributed by atoms with E-state index in [0.29, 0.717) is 18.3 Å². The van der Waals surface area contributed by atoms with Gasteiger partial charge in [-0.25, -0.2) is 0 Å². The molecular weight excluding hydrogens is 560 g/mol. The van der Waals surface area contributed by atoms with E-state index in [0.717, 1.165) is 44.1 Å². The van der Waals surface area contributed by atoms with Crippen LogP contribution < -0.4 is 0 Å². The topological polar surface area (TPSA) is 140 Å². The molecule has 2 spiro atoms. The van der Waals surface area contributed by atoms with Crippen molar-refractivity contribution in [2.75, 3.05) is 6.61 Å². The summed E-state index contributed by atoms with van der Waals surface area (Å²) in [7, 11) is 0. The Kier molecular flexibility index (Phi) is 7.08. The van der Waals surface area contributed by atoms with Crippen LogP contribution in [0.1, 0.15) is 106 Å². The highest BCUT2D eigenvalue weighted by Crippen LogP contribution is 2.89. The van der Waals surface area contributed by atoms with Crippen LogP contribution in [0, 0.1) is 50.7 Å². The minimum Gasteiger partial charge on any atom is -0.390 e. The van der Waals surface area contributed by atoms with Crippen LogP contribution in [0.15, 0.2) is 11.1 Å². The van der Waals surface area contributed by atoms with Gasteiger partial charge in [0.05, 0.1) is 30.5 Å². The number of ether oxygens (including phenoxy) is 2. The van der Waals surface area contributed by atoms with Gasteiger partial charge >= 0.3 is 0 Å². The zero-order chi connectivity index (χ0) is 32.0. The first-order valence-electron chi connectivity index (χ1n) is 17.5. The Bertz CT molecular complexity index is 1210. The van der Waals surface area contributed by atoms with Gasteiger partial charge in [-0.3, -0.25) is 0 Å². The molecule has 44 heavy (non-hydrogen) atoms. The molecule has 0 bridgehead atoms. The van der Waals surface area contributed by atoms with Gasteiger partial charge in [-0.2, -0.15) is 0 Å². The number of aliphatic hydroxyl groups excluding tert-OH is 5. The molecule has 0 amide bonds. The molecule has 4 unspecified atom stereocenters. The van der Waals surface area contributed by atoms with Crippen LogP contribution in [0.4, 0.5) is 0 Å². The van der Waals surface area contributed by atoms with Gasteiger partial charge in [-0.05, 0) is 123 Å².